The summed E-state index contributed by atoms with van der Waals surface area (Å²) in [5.74, 6) is 0.0990. The number of likely N-dealkylation sites (tertiary alicyclic amines) is 1. The number of nitrogens with zero attached hydrogens (tertiary/aromatic N) is 1. The van der Waals surface area contributed by atoms with Gasteiger partial charge in [0, 0.05) is 31.7 Å². The quantitative estimate of drug-likeness (QED) is 0.922. The van der Waals surface area contributed by atoms with Gasteiger partial charge < -0.3 is 10.2 Å². The van der Waals surface area contributed by atoms with Crippen LogP contribution in [0.5, 0.6) is 0 Å². The molecule has 0 aliphatic carbocycles. The van der Waals surface area contributed by atoms with Crippen molar-refractivity contribution in [2.45, 2.75) is 25.4 Å². The Hall–Kier alpha value is -1.72. The molecule has 2 rings (SSSR count). The number of anilines is 1. The molecule has 1 saturated heterocycles. The van der Waals surface area contributed by atoms with Crippen molar-refractivity contribution in [2.24, 2.45) is 0 Å². The van der Waals surface area contributed by atoms with E-state index in [9.17, 15) is 18.0 Å². The first-order valence-corrected chi connectivity index (χ1v) is 6.66. The number of benzene rings is 1. The summed E-state index contributed by atoms with van der Waals surface area (Å²) in [5, 5.41) is 2.96. The van der Waals surface area contributed by atoms with Crippen LogP contribution in [0.15, 0.2) is 24.3 Å². The third kappa shape index (κ3) is 3.88. The van der Waals surface area contributed by atoms with Crippen LogP contribution in [0, 0.1) is 0 Å². The molecule has 1 fully saturated rings. The van der Waals surface area contributed by atoms with E-state index in [1.54, 1.807) is 0 Å². The molecule has 1 aromatic rings. The SMILES string of the molecule is O=C(CCNc1ccc(C(F)(F)F)cc1)N1CCCC1. The fourth-order valence-corrected chi connectivity index (χ4v) is 2.22. The molecule has 0 saturated carbocycles. The van der Waals surface area contributed by atoms with E-state index in [0.29, 0.717) is 18.7 Å². The van der Waals surface area contributed by atoms with Crippen LogP contribution in [-0.2, 0) is 11.0 Å². The molecule has 0 unspecified atom stereocenters. The van der Waals surface area contributed by atoms with Gasteiger partial charge in [-0.1, -0.05) is 0 Å². The van der Waals surface area contributed by atoms with Gasteiger partial charge in [-0.3, -0.25) is 4.79 Å². The molecule has 0 radical (unpaired) electrons. The normalized spacial score (nSPS) is 15.4. The van der Waals surface area contributed by atoms with Crippen molar-refractivity contribution in [2.75, 3.05) is 25.0 Å². The average molecular weight is 286 g/mol. The summed E-state index contributed by atoms with van der Waals surface area (Å²) < 4.78 is 37.1. The van der Waals surface area contributed by atoms with Gasteiger partial charge in [0.2, 0.25) is 5.91 Å². The number of carbonyl (C=O) groups excluding carboxylic acids is 1. The minimum Gasteiger partial charge on any atom is -0.385 e. The lowest BCUT2D eigenvalue weighted by Gasteiger charge is -2.15. The van der Waals surface area contributed by atoms with E-state index in [1.165, 1.54) is 12.1 Å². The predicted molar refractivity (Wildman–Crippen MR) is 70.4 cm³/mol. The van der Waals surface area contributed by atoms with Crippen molar-refractivity contribution in [3.8, 4) is 0 Å². The number of amides is 1. The number of carbonyl (C=O) groups is 1. The number of halogens is 3. The second-order valence-corrected chi connectivity index (χ2v) is 4.84. The van der Waals surface area contributed by atoms with Gasteiger partial charge in [-0.25, -0.2) is 0 Å². The van der Waals surface area contributed by atoms with Gasteiger partial charge >= 0.3 is 6.18 Å². The molecule has 1 N–H and O–H groups in total. The first-order valence-electron chi connectivity index (χ1n) is 6.66. The van der Waals surface area contributed by atoms with E-state index in [2.05, 4.69) is 5.32 Å². The van der Waals surface area contributed by atoms with Crippen molar-refractivity contribution >= 4 is 11.6 Å². The zero-order valence-electron chi connectivity index (χ0n) is 11.0. The number of nitrogens with one attached hydrogen (secondary N) is 1. The summed E-state index contributed by atoms with van der Waals surface area (Å²) in [6.07, 6.45) is -1.85. The third-order valence-electron chi connectivity index (χ3n) is 3.34. The summed E-state index contributed by atoms with van der Waals surface area (Å²) in [6.45, 7) is 2.07. The van der Waals surface area contributed by atoms with Crippen molar-refractivity contribution in [3.05, 3.63) is 29.8 Å². The molecule has 110 valence electrons. The number of rotatable bonds is 4. The van der Waals surface area contributed by atoms with Gasteiger partial charge in [-0.15, -0.1) is 0 Å². The largest absolute Gasteiger partial charge is 0.416 e. The van der Waals surface area contributed by atoms with Crippen molar-refractivity contribution < 1.29 is 18.0 Å². The number of hydrogen-bond acceptors (Lipinski definition) is 2. The molecule has 3 nitrogen and oxygen atoms in total. The third-order valence-corrected chi connectivity index (χ3v) is 3.34. The maximum absolute atomic E-state index is 12.4. The lowest BCUT2D eigenvalue weighted by molar-refractivity contribution is -0.137. The van der Waals surface area contributed by atoms with E-state index < -0.39 is 11.7 Å². The standard InChI is InChI=1S/C14H17F3N2O/c15-14(16,17)11-3-5-12(6-4-11)18-8-7-13(20)19-9-1-2-10-19/h3-6,18H,1-2,7-10H2. The van der Waals surface area contributed by atoms with Crippen LogP contribution in [0.1, 0.15) is 24.8 Å². The van der Waals surface area contributed by atoms with Gasteiger partial charge in [-0.05, 0) is 37.1 Å². The van der Waals surface area contributed by atoms with Crippen LogP contribution in [0.25, 0.3) is 0 Å². The molecule has 1 heterocycles. The molecular formula is C14H17F3N2O. The molecule has 0 bridgehead atoms. The Morgan fingerprint density at radius 1 is 1.15 bits per heavy atom. The van der Waals surface area contributed by atoms with Crippen LogP contribution >= 0.6 is 0 Å². The minimum atomic E-state index is -4.32. The summed E-state index contributed by atoms with van der Waals surface area (Å²) in [5.41, 5.74) is -0.0802. The fourth-order valence-electron chi connectivity index (χ4n) is 2.22. The van der Waals surface area contributed by atoms with Crippen LogP contribution in [0.2, 0.25) is 0 Å². The van der Waals surface area contributed by atoms with E-state index in [-0.39, 0.29) is 5.91 Å². The Morgan fingerprint density at radius 3 is 2.30 bits per heavy atom. The van der Waals surface area contributed by atoms with Crippen LogP contribution in [0.4, 0.5) is 18.9 Å². The highest BCUT2D eigenvalue weighted by Gasteiger charge is 2.29. The maximum atomic E-state index is 12.4. The van der Waals surface area contributed by atoms with Crippen LogP contribution < -0.4 is 5.32 Å². The molecule has 0 spiro atoms. The first-order chi connectivity index (χ1) is 9.47. The average Bonchev–Trinajstić information content (AvgIpc) is 2.92. The Labute approximate surface area is 115 Å². The Balaban J connectivity index is 1.78. The van der Waals surface area contributed by atoms with Crippen LogP contribution in [-0.4, -0.2) is 30.4 Å². The van der Waals surface area contributed by atoms with Crippen LogP contribution in [0.3, 0.4) is 0 Å². The number of hydrogen-bond donors (Lipinski definition) is 1. The molecule has 1 aromatic carbocycles. The minimum absolute atomic E-state index is 0.0990. The summed E-state index contributed by atoms with van der Waals surface area (Å²) in [6, 6.07) is 4.82. The highest BCUT2D eigenvalue weighted by atomic mass is 19.4. The fraction of sp³-hybridized carbons (Fsp3) is 0.500. The summed E-state index contributed by atoms with van der Waals surface area (Å²) in [4.78, 5) is 13.6. The van der Waals surface area contributed by atoms with Gasteiger partial charge in [0.05, 0.1) is 5.56 Å². The van der Waals surface area contributed by atoms with Gasteiger partial charge in [0.25, 0.3) is 0 Å². The maximum Gasteiger partial charge on any atom is 0.416 e. The molecule has 1 aliphatic rings. The lowest BCUT2D eigenvalue weighted by atomic mass is 10.2. The van der Waals surface area contributed by atoms with E-state index in [4.69, 9.17) is 0 Å². The lowest BCUT2D eigenvalue weighted by Crippen LogP contribution is -2.29. The zero-order valence-corrected chi connectivity index (χ0v) is 11.0. The van der Waals surface area contributed by atoms with Crippen molar-refractivity contribution in [3.63, 3.8) is 0 Å². The monoisotopic (exact) mass is 286 g/mol. The Morgan fingerprint density at radius 2 is 1.75 bits per heavy atom. The Kier molecular flexibility index (Phi) is 4.52. The van der Waals surface area contributed by atoms with Gasteiger partial charge in [0.1, 0.15) is 0 Å². The first kappa shape index (κ1) is 14.7. The molecule has 20 heavy (non-hydrogen) atoms. The van der Waals surface area contributed by atoms with Gasteiger partial charge in [-0.2, -0.15) is 13.2 Å². The summed E-state index contributed by atoms with van der Waals surface area (Å²) >= 11 is 0. The highest BCUT2D eigenvalue weighted by molar-refractivity contribution is 5.77. The zero-order chi connectivity index (χ0) is 14.6. The molecule has 6 heteroatoms. The predicted octanol–water partition coefficient (Wildman–Crippen LogP) is 3.13. The second kappa shape index (κ2) is 6.15. The van der Waals surface area contributed by atoms with E-state index in [1.807, 2.05) is 4.90 Å². The van der Waals surface area contributed by atoms with E-state index in [0.717, 1.165) is 38.1 Å². The molecule has 0 atom stereocenters. The van der Waals surface area contributed by atoms with Gasteiger partial charge in [0.15, 0.2) is 0 Å². The molecule has 0 aromatic heterocycles. The van der Waals surface area contributed by atoms with Crippen molar-refractivity contribution in [1.82, 2.24) is 4.90 Å². The van der Waals surface area contributed by atoms with Crippen molar-refractivity contribution in [1.29, 1.82) is 0 Å². The topological polar surface area (TPSA) is 32.3 Å². The van der Waals surface area contributed by atoms with E-state index >= 15 is 0 Å². The second-order valence-electron chi connectivity index (χ2n) is 4.84. The number of alkyl halides is 3. The molecular weight excluding hydrogens is 269 g/mol. The summed E-state index contributed by atoms with van der Waals surface area (Å²) in [7, 11) is 0. The molecule has 1 aliphatic heterocycles. The Bertz CT molecular complexity index is 450. The highest BCUT2D eigenvalue weighted by Crippen LogP contribution is 2.29. The molecule has 1 amide bonds. The smallest absolute Gasteiger partial charge is 0.385 e.